The van der Waals surface area contributed by atoms with E-state index in [1.54, 1.807) is 0 Å². The van der Waals surface area contributed by atoms with E-state index in [1.165, 1.54) is 11.8 Å². The van der Waals surface area contributed by atoms with E-state index in [0.717, 1.165) is 17.0 Å². The lowest BCUT2D eigenvalue weighted by molar-refractivity contribution is -0.117. The van der Waals surface area contributed by atoms with Gasteiger partial charge in [-0.2, -0.15) is 0 Å². The summed E-state index contributed by atoms with van der Waals surface area (Å²) in [6.45, 7) is 6.51. The number of imide groups is 1. The van der Waals surface area contributed by atoms with E-state index in [-0.39, 0.29) is 11.7 Å². The van der Waals surface area contributed by atoms with Crippen molar-refractivity contribution in [1.82, 2.24) is 25.4 Å². The van der Waals surface area contributed by atoms with Gasteiger partial charge in [0.25, 0.3) is 0 Å². The molecule has 2 N–H and O–H groups in total. The first-order chi connectivity index (χ1) is 11.9. The number of amides is 3. The summed E-state index contributed by atoms with van der Waals surface area (Å²) in [7, 11) is 1.85. The Kier molecular flexibility index (Phi) is 6.58. The highest BCUT2D eigenvalue weighted by Gasteiger charge is 2.14. The molecule has 0 fully saturated rings. The Morgan fingerprint density at radius 1 is 1.28 bits per heavy atom. The van der Waals surface area contributed by atoms with Gasteiger partial charge in [0.2, 0.25) is 5.91 Å². The van der Waals surface area contributed by atoms with Crippen LogP contribution in [0.15, 0.2) is 29.4 Å². The van der Waals surface area contributed by atoms with Crippen molar-refractivity contribution >= 4 is 23.7 Å². The van der Waals surface area contributed by atoms with Crippen LogP contribution in [0.4, 0.5) is 4.79 Å². The maximum Gasteiger partial charge on any atom is 0.321 e. The molecular formula is C17H23N5O2S. The second kappa shape index (κ2) is 8.66. The summed E-state index contributed by atoms with van der Waals surface area (Å²) in [5.41, 5.74) is 2.11. The first-order valence-electron chi connectivity index (χ1n) is 8.03. The van der Waals surface area contributed by atoms with E-state index in [9.17, 15) is 9.59 Å². The molecule has 0 bridgehead atoms. The van der Waals surface area contributed by atoms with Gasteiger partial charge in [-0.15, -0.1) is 10.2 Å². The second-order valence-electron chi connectivity index (χ2n) is 6.18. The molecule has 0 atom stereocenters. The van der Waals surface area contributed by atoms with Gasteiger partial charge in [0, 0.05) is 19.2 Å². The van der Waals surface area contributed by atoms with Crippen LogP contribution in [-0.4, -0.2) is 39.0 Å². The van der Waals surface area contributed by atoms with E-state index >= 15 is 0 Å². The molecule has 2 aromatic rings. The fourth-order valence-electron chi connectivity index (χ4n) is 2.11. The van der Waals surface area contributed by atoms with Crippen molar-refractivity contribution in [3.63, 3.8) is 0 Å². The molecule has 0 spiro atoms. The van der Waals surface area contributed by atoms with Gasteiger partial charge in [-0.3, -0.25) is 10.1 Å². The molecule has 1 aromatic carbocycles. The number of carbonyl (C=O) groups excluding carboxylic acids is 2. The summed E-state index contributed by atoms with van der Waals surface area (Å²) in [5.74, 6) is 0.788. The molecule has 0 radical (unpaired) electrons. The minimum Gasteiger partial charge on any atom is -0.338 e. The van der Waals surface area contributed by atoms with Crippen molar-refractivity contribution in [2.45, 2.75) is 25.9 Å². The average molecular weight is 361 g/mol. The highest BCUT2D eigenvalue weighted by atomic mass is 32.2. The van der Waals surface area contributed by atoms with Gasteiger partial charge in [0.15, 0.2) is 11.0 Å². The summed E-state index contributed by atoms with van der Waals surface area (Å²) in [6.07, 6.45) is 0. The number of benzene rings is 1. The van der Waals surface area contributed by atoms with Crippen LogP contribution >= 0.6 is 11.8 Å². The van der Waals surface area contributed by atoms with Crippen molar-refractivity contribution < 1.29 is 9.59 Å². The first kappa shape index (κ1) is 19.0. The summed E-state index contributed by atoms with van der Waals surface area (Å²) >= 11 is 1.24. The van der Waals surface area contributed by atoms with Crippen molar-refractivity contribution in [2.75, 3.05) is 12.3 Å². The number of carbonyl (C=O) groups is 2. The maximum absolute atomic E-state index is 11.9. The number of urea groups is 1. The molecule has 0 unspecified atom stereocenters. The van der Waals surface area contributed by atoms with Gasteiger partial charge < -0.3 is 9.88 Å². The SMILES string of the molecule is Cc1cccc(-c2nnc(SCC(=O)NC(=O)NCC(C)C)n2C)c1. The maximum atomic E-state index is 11.9. The molecule has 2 rings (SSSR count). The molecule has 8 heteroatoms. The van der Waals surface area contributed by atoms with Crippen LogP contribution in [0.3, 0.4) is 0 Å². The van der Waals surface area contributed by atoms with Crippen molar-refractivity contribution in [1.29, 1.82) is 0 Å². The highest BCUT2D eigenvalue weighted by Crippen LogP contribution is 2.23. The second-order valence-corrected chi connectivity index (χ2v) is 7.12. The minimum absolute atomic E-state index is 0.0922. The van der Waals surface area contributed by atoms with Crippen molar-refractivity contribution in [2.24, 2.45) is 13.0 Å². The summed E-state index contributed by atoms with van der Waals surface area (Å²) in [6, 6.07) is 7.51. The number of rotatable bonds is 6. The smallest absolute Gasteiger partial charge is 0.321 e. The number of aryl methyl sites for hydroxylation is 1. The Hall–Kier alpha value is -2.35. The predicted octanol–water partition coefficient (Wildman–Crippen LogP) is 2.36. The standard InChI is InChI=1S/C17H23N5O2S/c1-11(2)9-18-16(24)19-14(23)10-25-17-21-20-15(22(17)4)13-7-5-6-12(3)8-13/h5-8,11H,9-10H2,1-4H3,(H2,18,19,23,24). The lowest BCUT2D eigenvalue weighted by Gasteiger charge is -2.08. The van der Waals surface area contributed by atoms with Gasteiger partial charge in [-0.05, 0) is 18.9 Å². The van der Waals surface area contributed by atoms with E-state index in [1.807, 2.05) is 56.7 Å². The molecule has 0 saturated carbocycles. The predicted molar refractivity (Wildman–Crippen MR) is 98.3 cm³/mol. The molecule has 134 valence electrons. The van der Waals surface area contributed by atoms with Gasteiger partial charge in [-0.25, -0.2) is 4.79 Å². The van der Waals surface area contributed by atoms with E-state index in [2.05, 4.69) is 20.8 Å². The Labute approximate surface area is 151 Å². The van der Waals surface area contributed by atoms with Crippen LogP contribution in [0.5, 0.6) is 0 Å². The van der Waals surface area contributed by atoms with Crippen molar-refractivity contribution in [3.8, 4) is 11.4 Å². The zero-order valence-corrected chi connectivity index (χ0v) is 15.7. The molecule has 25 heavy (non-hydrogen) atoms. The topological polar surface area (TPSA) is 88.9 Å². The van der Waals surface area contributed by atoms with Crippen LogP contribution in [0.25, 0.3) is 11.4 Å². The quantitative estimate of drug-likeness (QED) is 0.771. The lowest BCUT2D eigenvalue weighted by Crippen LogP contribution is -2.41. The zero-order valence-electron chi connectivity index (χ0n) is 14.9. The highest BCUT2D eigenvalue weighted by molar-refractivity contribution is 7.99. The van der Waals surface area contributed by atoms with E-state index in [0.29, 0.717) is 17.6 Å². The fraction of sp³-hybridized carbons (Fsp3) is 0.412. The Morgan fingerprint density at radius 2 is 2.04 bits per heavy atom. The first-order valence-corrected chi connectivity index (χ1v) is 9.02. The normalized spacial score (nSPS) is 10.8. The molecular weight excluding hydrogens is 338 g/mol. The number of hydrogen-bond acceptors (Lipinski definition) is 5. The average Bonchev–Trinajstić information content (AvgIpc) is 2.92. The monoisotopic (exact) mass is 361 g/mol. The Balaban J connectivity index is 1.91. The largest absolute Gasteiger partial charge is 0.338 e. The molecule has 0 saturated heterocycles. The molecule has 1 heterocycles. The van der Waals surface area contributed by atoms with E-state index < -0.39 is 6.03 Å². The molecule has 0 aliphatic carbocycles. The van der Waals surface area contributed by atoms with Gasteiger partial charge in [-0.1, -0.05) is 49.4 Å². The van der Waals surface area contributed by atoms with E-state index in [4.69, 9.17) is 0 Å². The summed E-state index contributed by atoms with van der Waals surface area (Å²) in [5, 5.41) is 13.9. The minimum atomic E-state index is -0.474. The number of nitrogens with zero attached hydrogens (tertiary/aromatic N) is 3. The number of thioether (sulfide) groups is 1. The van der Waals surface area contributed by atoms with Gasteiger partial charge >= 0.3 is 6.03 Å². The third-order valence-corrected chi connectivity index (χ3v) is 4.39. The number of aromatic nitrogens is 3. The summed E-state index contributed by atoms with van der Waals surface area (Å²) < 4.78 is 1.84. The number of hydrogen-bond donors (Lipinski definition) is 2. The van der Waals surface area contributed by atoms with Crippen LogP contribution < -0.4 is 10.6 Å². The fourth-order valence-corrected chi connectivity index (χ4v) is 2.82. The van der Waals surface area contributed by atoms with Crippen LogP contribution in [0, 0.1) is 12.8 Å². The molecule has 0 aliphatic rings. The lowest BCUT2D eigenvalue weighted by atomic mass is 10.1. The van der Waals surface area contributed by atoms with Crippen molar-refractivity contribution in [3.05, 3.63) is 29.8 Å². The van der Waals surface area contributed by atoms with Gasteiger partial charge in [0.1, 0.15) is 0 Å². The van der Waals surface area contributed by atoms with Crippen LogP contribution in [0.2, 0.25) is 0 Å². The molecule has 0 aliphatic heterocycles. The third-order valence-electron chi connectivity index (χ3n) is 3.37. The molecule has 3 amide bonds. The Bertz CT molecular complexity index is 757. The van der Waals surface area contributed by atoms with Gasteiger partial charge in [0.05, 0.1) is 5.75 Å². The molecule has 7 nitrogen and oxygen atoms in total. The zero-order chi connectivity index (χ0) is 18.4. The number of nitrogens with one attached hydrogen (secondary N) is 2. The third kappa shape index (κ3) is 5.60. The Morgan fingerprint density at radius 3 is 2.72 bits per heavy atom. The van der Waals surface area contributed by atoms with Crippen LogP contribution in [-0.2, 0) is 11.8 Å². The molecule has 1 aromatic heterocycles. The summed E-state index contributed by atoms with van der Waals surface area (Å²) in [4.78, 5) is 23.4. The van der Waals surface area contributed by atoms with Crippen LogP contribution in [0.1, 0.15) is 19.4 Å².